The molecule has 0 saturated heterocycles. The summed E-state index contributed by atoms with van der Waals surface area (Å²) in [7, 11) is 1.23. The summed E-state index contributed by atoms with van der Waals surface area (Å²) in [5, 5.41) is 8.86. The van der Waals surface area contributed by atoms with Crippen LogP contribution in [0.2, 0.25) is 0 Å². The summed E-state index contributed by atoms with van der Waals surface area (Å²) in [4.78, 5) is 10.9. The second kappa shape index (κ2) is 5.26. The van der Waals surface area contributed by atoms with E-state index in [-0.39, 0.29) is 11.3 Å². The number of ether oxygens (including phenoxy) is 1. The minimum absolute atomic E-state index is 0.00670. The number of hydrogen-bond acceptors (Lipinski definition) is 3. The predicted molar refractivity (Wildman–Crippen MR) is 57.4 cm³/mol. The summed E-state index contributed by atoms with van der Waals surface area (Å²) in [5.41, 5.74) is 3.80. The van der Waals surface area contributed by atoms with Crippen molar-refractivity contribution in [2.45, 2.75) is 12.1 Å². The van der Waals surface area contributed by atoms with Crippen LogP contribution in [0, 0.1) is 0 Å². The Hall–Kier alpha value is -1.76. The molecule has 0 heterocycles. The van der Waals surface area contributed by atoms with Crippen molar-refractivity contribution in [3.05, 3.63) is 29.3 Å². The molecule has 0 aliphatic heterocycles. The molecule has 3 N–H and O–H groups in total. The van der Waals surface area contributed by atoms with Gasteiger partial charge in [-0.25, -0.2) is 0 Å². The number of alkyl halides is 3. The van der Waals surface area contributed by atoms with Crippen molar-refractivity contribution >= 4 is 5.97 Å². The third kappa shape index (κ3) is 2.92. The summed E-state index contributed by atoms with van der Waals surface area (Å²) >= 11 is 0. The van der Waals surface area contributed by atoms with Crippen LogP contribution in [0.25, 0.3) is 0 Å². The Balaban J connectivity index is 3.38. The molecule has 0 bridgehead atoms. The third-order valence-electron chi connectivity index (χ3n) is 2.48. The Kier molecular flexibility index (Phi) is 4.18. The van der Waals surface area contributed by atoms with Gasteiger partial charge in [-0.15, -0.1) is 0 Å². The van der Waals surface area contributed by atoms with Gasteiger partial charge >= 0.3 is 12.1 Å². The molecule has 100 valence electrons. The van der Waals surface area contributed by atoms with Gasteiger partial charge in [0.15, 0.2) is 0 Å². The molecule has 0 spiro atoms. The fourth-order valence-electron chi connectivity index (χ4n) is 1.57. The number of methoxy groups -OCH3 is 1. The van der Waals surface area contributed by atoms with Crippen LogP contribution in [0.5, 0.6) is 5.75 Å². The molecule has 1 atom stereocenters. The molecular formula is C11H12F3NO3. The van der Waals surface area contributed by atoms with Crippen LogP contribution < -0.4 is 10.5 Å². The van der Waals surface area contributed by atoms with E-state index in [1.807, 2.05) is 0 Å². The Morgan fingerprint density at radius 2 is 2.11 bits per heavy atom. The summed E-state index contributed by atoms with van der Waals surface area (Å²) in [6, 6.07) is 3.12. The molecule has 1 aromatic rings. The average molecular weight is 263 g/mol. The van der Waals surface area contributed by atoms with E-state index in [2.05, 4.69) is 0 Å². The number of rotatable bonds is 4. The molecular weight excluding hydrogens is 251 g/mol. The van der Waals surface area contributed by atoms with Crippen LogP contribution in [0.15, 0.2) is 18.2 Å². The first-order chi connectivity index (χ1) is 8.31. The first kappa shape index (κ1) is 14.3. The lowest BCUT2D eigenvalue weighted by atomic mass is 9.93. The maximum Gasteiger partial charge on any atom is 0.416 e. The molecule has 1 aromatic carbocycles. The fraction of sp³-hybridized carbons (Fsp3) is 0.364. The van der Waals surface area contributed by atoms with Gasteiger partial charge in [-0.1, -0.05) is 6.07 Å². The average Bonchev–Trinajstić information content (AvgIpc) is 2.28. The molecule has 0 aliphatic rings. The van der Waals surface area contributed by atoms with Gasteiger partial charge in [-0.3, -0.25) is 4.79 Å². The minimum Gasteiger partial charge on any atom is -0.497 e. The van der Waals surface area contributed by atoms with Crippen molar-refractivity contribution in [1.29, 1.82) is 0 Å². The second-order valence-corrected chi connectivity index (χ2v) is 3.58. The molecule has 1 rings (SSSR count). The Morgan fingerprint density at radius 3 is 2.50 bits per heavy atom. The smallest absolute Gasteiger partial charge is 0.416 e. The molecule has 0 amide bonds. The zero-order valence-electron chi connectivity index (χ0n) is 9.49. The van der Waals surface area contributed by atoms with E-state index in [0.29, 0.717) is 0 Å². The first-order valence-electron chi connectivity index (χ1n) is 4.99. The lowest BCUT2D eigenvalue weighted by Gasteiger charge is -2.18. The van der Waals surface area contributed by atoms with E-state index >= 15 is 0 Å². The van der Waals surface area contributed by atoms with E-state index in [0.717, 1.165) is 12.1 Å². The number of nitrogens with two attached hydrogens (primary N) is 1. The molecule has 7 heteroatoms. The van der Waals surface area contributed by atoms with Gasteiger partial charge in [0.25, 0.3) is 0 Å². The standard InChI is InChI=1S/C11H12F3NO3/c1-18-6-2-3-7(8(5-15)10(16)17)9(4-6)11(12,13)14/h2-4,8H,5,15H2,1H3,(H,16,17). The van der Waals surface area contributed by atoms with Crippen LogP contribution in [0.3, 0.4) is 0 Å². The summed E-state index contributed by atoms with van der Waals surface area (Å²) in [6.45, 7) is -0.412. The zero-order valence-corrected chi connectivity index (χ0v) is 9.49. The molecule has 0 saturated carbocycles. The van der Waals surface area contributed by atoms with Gasteiger partial charge in [0, 0.05) is 6.54 Å². The number of carboxylic acids is 1. The van der Waals surface area contributed by atoms with E-state index < -0.39 is 30.2 Å². The fourth-order valence-corrected chi connectivity index (χ4v) is 1.57. The Labute approximate surface area is 101 Å². The SMILES string of the molecule is COc1ccc(C(CN)C(=O)O)c(C(F)(F)F)c1. The van der Waals surface area contributed by atoms with Crippen molar-refractivity contribution in [3.63, 3.8) is 0 Å². The normalized spacial score (nSPS) is 13.2. The first-order valence-corrected chi connectivity index (χ1v) is 4.99. The highest BCUT2D eigenvalue weighted by atomic mass is 19.4. The van der Waals surface area contributed by atoms with E-state index in [4.69, 9.17) is 15.6 Å². The van der Waals surface area contributed by atoms with Gasteiger partial charge in [0.05, 0.1) is 18.6 Å². The van der Waals surface area contributed by atoms with Crippen LogP contribution in [0.4, 0.5) is 13.2 Å². The summed E-state index contributed by atoms with van der Waals surface area (Å²) < 4.78 is 43.2. The Bertz CT molecular complexity index is 446. The van der Waals surface area contributed by atoms with Crippen molar-refractivity contribution in [2.75, 3.05) is 13.7 Å². The van der Waals surface area contributed by atoms with Crippen LogP contribution in [-0.4, -0.2) is 24.7 Å². The van der Waals surface area contributed by atoms with Crippen LogP contribution in [0.1, 0.15) is 17.0 Å². The van der Waals surface area contributed by atoms with E-state index in [9.17, 15) is 18.0 Å². The molecule has 1 unspecified atom stereocenters. The summed E-state index contributed by atoms with van der Waals surface area (Å²) in [5.74, 6) is -2.78. The highest BCUT2D eigenvalue weighted by molar-refractivity contribution is 5.77. The molecule has 0 aromatic heterocycles. The second-order valence-electron chi connectivity index (χ2n) is 3.58. The minimum atomic E-state index is -4.66. The van der Waals surface area contributed by atoms with Crippen molar-refractivity contribution in [2.24, 2.45) is 5.73 Å². The van der Waals surface area contributed by atoms with Gasteiger partial charge in [0.1, 0.15) is 5.75 Å². The molecule has 0 fully saturated rings. The van der Waals surface area contributed by atoms with Crippen molar-refractivity contribution in [3.8, 4) is 5.75 Å². The quantitative estimate of drug-likeness (QED) is 0.869. The zero-order chi connectivity index (χ0) is 13.9. The molecule has 18 heavy (non-hydrogen) atoms. The van der Waals surface area contributed by atoms with E-state index in [1.54, 1.807) is 0 Å². The lowest BCUT2D eigenvalue weighted by molar-refractivity contribution is -0.141. The maximum absolute atomic E-state index is 12.8. The third-order valence-corrected chi connectivity index (χ3v) is 2.48. The van der Waals surface area contributed by atoms with Crippen LogP contribution >= 0.6 is 0 Å². The number of hydrogen-bond donors (Lipinski definition) is 2. The number of benzene rings is 1. The summed E-state index contributed by atoms with van der Waals surface area (Å²) in [6.07, 6.45) is -4.66. The van der Waals surface area contributed by atoms with Crippen molar-refractivity contribution < 1.29 is 27.8 Å². The number of carboxylic acid groups (broad SMARTS) is 1. The van der Waals surface area contributed by atoms with Crippen molar-refractivity contribution in [1.82, 2.24) is 0 Å². The maximum atomic E-state index is 12.8. The molecule has 0 aliphatic carbocycles. The van der Waals surface area contributed by atoms with Gasteiger partial charge < -0.3 is 15.6 Å². The lowest BCUT2D eigenvalue weighted by Crippen LogP contribution is -2.24. The largest absolute Gasteiger partial charge is 0.497 e. The van der Waals surface area contributed by atoms with E-state index in [1.165, 1.54) is 13.2 Å². The highest BCUT2D eigenvalue weighted by Gasteiger charge is 2.37. The molecule has 0 radical (unpaired) electrons. The molecule has 4 nitrogen and oxygen atoms in total. The topological polar surface area (TPSA) is 72.5 Å². The van der Waals surface area contributed by atoms with Gasteiger partial charge in [-0.05, 0) is 17.7 Å². The van der Waals surface area contributed by atoms with Gasteiger partial charge in [0.2, 0.25) is 0 Å². The number of aliphatic carboxylic acids is 1. The van der Waals surface area contributed by atoms with Crippen LogP contribution in [-0.2, 0) is 11.0 Å². The van der Waals surface area contributed by atoms with Gasteiger partial charge in [-0.2, -0.15) is 13.2 Å². The highest BCUT2D eigenvalue weighted by Crippen LogP contribution is 2.37. The number of carbonyl (C=O) groups is 1. The number of halogens is 3. The predicted octanol–water partition coefficient (Wildman–Crippen LogP) is 1.84. The Morgan fingerprint density at radius 1 is 1.50 bits per heavy atom. The monoisotopic (exact) mass is 263 g/mol.